The minimum atomic E-state index is 0.0856. The van der Waals surface area contributed by atoms with E-state index in [9.17, 15) is 4.79 Å². The van der Waals surface area contributed by atoms with Crippen molar-refractivity contribution < 1.29 is 4.79 Å². The molecule has 110 valence electrons. The highest BCUT2D eigenvalue weighted by atomic mass is 79.9. The third kappa shape index (κ3) is 3.35. The molecule has 0 aliphatic heterocycles. The van der Waals surface area contributed by atoms with Crippen LogP contribution in [0.4, 0.5) is 5.69 Å². The smallest absolute Gasteiger partial charge is 0.254 e. The summed E-state index contributed by atoms with van der Waals surface area (Å²) in [7, 11) is 1.93. The molecule has 0 heterocycles. The molecule has 1 aromatic rings. The van der Waals surface area contributed by atoms with E-state index >= 15 is 0 Å². The number of amides is 1. The maximum Gasteiger partial charge on any atom is 0.254 e. The normalized spacial score (nSPS) is 16.8. The van der Waals surface area contributed by atoms with Crippen molar-refractivity contribution in [3.05, 3.63) is 27.7 Å². The van der Waals surface area contributed by atoms with Gasteiger partial charge in [0.2, 0.25) is 0 Å². The Hall–Kier alpha value is -1.03. The summed E-state index contributed by atoms with van der Waals surface area (Å²) in [4.78, 5) is 14.6. The highest BCUT2D eigenvalue weighted by molar-refractivity contribution is 9.10. The van der Waals surface area contributed by atoms with Crippen molar-refractivity contribution in [1.29, 1.82) is 0 Å². The number of nitrogens with zero attached hydrogens (tertiary/aromatic N) is 1. The Morgan fingerprint density at radius 2 is 1.85 bits per heavy atom. The van der Waals surface area contributed by atoms with Crippen LogP contribution in [0.5, 0.6) is 0 Å². The average Bonchev–Trinajstić information content (AvgIpc) is 2.70. The van der Waals surface area contributed by atoms with Gasteiger partial charge in [-0.2, -0.15) is 0 Å². The van der Waals surface area contributed by atoms with Gasteiger partial charge in [0.25, 0.3) is 5.91 Å². The molecule has 0 aromatic heterocycles. The second kappa shape index (κ2) is 6.61. The van der Waals surface area contributed by atoms with E-state index < -0.39 is 0 Å². The number of rotatable bonds is 2. The second-order valence-electron chi connectivity index (χ2n) is 5.73. The van der Waals surface area contributed by atoms with Crippen LogP contribution >= 0.6 is 15.9 Å². The van der Waals surface area contributed by atoms with E-state index in [1.54, 1.807) is 0 Å². The average molecular weight is 339 g/mol. The minimum absolute atomic E-state index is 0.0856. The number of nitrogens with two attached hydrogens (primary N) is 1. The highest BCUT2D eigenvalue weighted by Gasteiger charge is 2.23. The summed E-state index contributed by atoms with van der Waals surface area (Å²) in [6.07, 6.45) is 7.27. The van der Waals surface area contributed by atoms with E-state index in [0.29, 0.717) is 17.3 Å². The van der Waals surface area contributed by atoms with Crippen LogP contribution in [0.15, 0.2) is 16.6 Å². The number of carbonyl (C=O) groups excluding carboxylic acids is 1. The lowest BCUT2D eigenvalue weighted by Gasteiger charge is -2.28. The van der Waals surface area contributed by atoms with Gasteiger partial charge in [-0.3, -0.25) is 4.79 Å². The molecule has 0 atom stereocenters. The minimum Gasteiger partial charge on any atom is -0.398 e. The molecule has 0 radical (unpaired) electrons. The van der Waals surface area contributed by atoms with Gasteiger partial charge in [-0.25, -0.2) is 0 Å². The molecule has 0 unspecified atom stereocenters. The topological polar surface area (TPSA) is 46.3 Å². The van der Waals surface area contributed by atoms with Crippen molar-refractivity contribution in [3.63, 3.8) is 0 Å². The molecule has 2 rings (SSSR count). The fourth-order valence-corrected chi connectivity index (χ4v) is 3.40. The van der Waals surface area contributed by atoms with Gasteiger partial charge in [0.05, 0.1) is 0 Å². The van der Waals surface area contributed by atoms with Crippen molar-refractivity contribution in [1.82, 2.24) is 4.90 Å². The molecule has 2 N–H and O–H groups in total. The van der Waals surface area contributed by atoms with Gasteiger partial charge < -0.3 is 10.6 Å². The molecule has 1 aliphatic carbocycles. The van der Waals surface area contributed by atoms with Gasteiger partial charge in [-0.1, -0.05) is 41.6 Å². The fourth-order valence-electron chi connectivity index (χ4n) is 2.92. The van der Waals surface area contributed by atoms with Crippen LogP contribution in [0.1, 0.15) is 54.4 Å². The Labute approximate surface area is 129 Å². The molecule has 1 aromatic carbocycles. The van der Waals surface area contributed by atoms with Crippen molar-refractivity contribution in [2.24, 2.45) is 0 Å². The van der Waals surface area contributed by atoms with Crippen molar-refractivity contribution >= 4 is 27.5 Å². The first-order valence-corrected chi connectivity index (χ1v) is 8.12. The fraction of sp³-hybridized carbons (Fsp3) is 0.562. The summed E-state index contributed by atoms with van der Waals surface area (Å²) in [5.74, 6) is 0.0856. The van der Waals surface area contributed by atoms with Crippen molar-refractivity contribution in [2.75, 3.05) is 12.8 Å². The quantitative estimate of drug-likeness (QED) is 0.650. The van der Waals surface area contributed by atoms with Crippen molar-refractivity contribution in [3.8, 4) is 0 Å². The number of hydrogen-bond donors (Lipinski definition) is 1. The lowest BCUT2D eigenvalue weighted by Crippen LogP contribution is -2.37. The largest absolute Gasteiger partial charge is 0.398 e. The van der Waals surface area contributed by atoms with Crippen LogP contribution in [-0.4, -0.2) is 23.9 Å². The number of halogens is 1. The molecule has 1 fully saturated rings. The van der Waals surface area contributed by atoms with Gasteiger partial charge in [0, 0.05) is 28.8 Å². The highest BCUT2D eigenvalue weighted by Crippen LogP contribution is 2.26. The standard InChI is InChI=1S/C16H23BrN2O/c1-11-14(9-12(17)10-15(11)18)16(20)19(2)13-7-5-3-4-6-8-13/h9-10,13H,3-8,18H2,1-2H3. The molecule has 0 spiro atoms. The van der Waals surface area contributed by atoms with Gasteiger partial charge in [0.15, 0.2) is 0 Å². The monoisotopic (exact) mass is 338 g/mol. The lowest BCUT2D eigenvalue weighted by molar-refractivity contribution is 0.0717. The van der Waals surface area contributed by atoms with Crippen molar-refractivity contribution in [2.45, 2.75) is 51.5 Å². The van der Waals surface area contributed by atoms with Gasteiger partial charge in [0.1, 0.15) is 0 Å². The maximum atomic E-state index is 12.7. The molecule has 3 nitrogen and oxygen atoms in total. The molecule has 0 saturated heterocycles. The van der Waals surface area contributed by atoms with Crippen LogP contribution in [-0.2, 0) is 0 Å². The zero-order chi connectivity index (χ0) is 14.7. The first-order valence-electron chi connectivity index (χ1n) is 7.33. The third-order valence-electron chi connectivity index (χ3n) is 4.34. The van der Waals surface area contributed by atoms with Crippen LogP contribution < -0.4 is 5.73 Å². The van der Waals surface area contributed by atoms with E-state index in [0.717, 1.165) is 22.9 Å². The second-order valence-corrected chi connectivity index (χ2v) is 6.64. The Morgan fingerprint density at radius 3 is 2.45 bits per heavy atom. The Balaban J connectivity index is 2.21. The Morgan fingerprint density at radius 1 is 1.25 bits per heavy atom. The van der Waals surface area contributed by atoms with E-state index in [1.165, 1.54) is 25.7 Å². The van der Waals surface area contributed by atoms with Crippen LogP contribution in [0.2, 0.25) is 0 Å². The molecule has 1 aliphatic rings. The Bertz CT molecular complexity index is 493. The molecule has 0 bridgehead atoms. The molecule has 20 heavy (non-hydrogen) atoms. The van der Waals surface area contributed by atoms with E-state index in [2.05, 4.69) is 15.9 Å². The lowest BCUT2D eigenvalue weighted by atomic mass is 10.0. The first-order chi connectivity index (χ1) is 9.50. The van der Waals surface area contributed by atoms with Gasteiger partial charge >= 0.3 is 0 Å². The van der Waals surface area contributed by atoms with E-state index in [-0.39, 0.29) is 5.91 Å². The number of benzene rings is 1. The van der Waals surface area contributed by atoms with E-state index in [4.69, 9.17) is 5.73 Å². The zero-order valence-electron chi connectivity index (χ0n) is 12.3. The molecule has 4 heteroatoms. The first kappa shape index (κ1) is 15.4. The summed E-state index contributed by atoms with van der Waals surface area (Å²) < 4.78 is 0.859. The molecular weight excluding hydrogens is 316 g/mol. The summed E-state index contributed by atoms with van der Waals surface area (Å²) in [5.41, 5.74) is 8.21. The summed E-state index contributed by atoms with van der Waals surface area (Å²) >= 11 is 3.42. The van der Waals surface area contributed by atoms with Gasteiger partial charge in [-0.15, -0.1) is 0 Å². The summed E-state index contributed by atoms with van der Waals surface area (Å²) in [5, 5.41) is 0. The van der Waals surface area contributed by atoms with Crippen LogP contribution in [0, 0.1) is 6.92 Å². The number of nitrogen functional groups attached to an aromatic ring is 1. The zero-order valence-corrected chi connectivity index (χ0v) is 13.9. The van der Waals surface area contributed by atoms with Gasteiger partial charge in [-0.05, 0) is 37.5 Å². The SMILES string of the molecule is Cc1c(N)cc(Br)cc1C(=O)N(C)C1CCCCCC1. The van der Waals surface area contributed by atoms with E-state index in [1.807, 2.05) is 31.0 Å². The number of carbonyl (C=O) groups is 1. The number of hydrogen-bond acceptors (Lipinski definition) is 2. The maximum absolute atomic E-state index is 12.7. The number of anilines is 1. The molecule has 1 saturated carbocycles. The summed E-state index contributed by atoms with van der Waals surface area (Å²) in [6, 6.07) is 4.09. The predicted octanol–water partition coefficient (Wildman–Crippen LogP) is 4.13. The van der Waals surface area contributed by atoms with Crippen LogP contribution in [0.3, 0.4) is 0 Å². The molecule has 1 amide bonds. The van der Waals surface area contributed by atoms with Crippen LogP contribution in [0.25, 0.3) is 0 Å². The Kier molecular flexibility index (Phi) is 5.08. The molecular formula is C16H23BrN2O. The summed E-state index contributed by atoms with van der Waals surface area (Å²) in [6.45, 7) is 1.91. The third-order valence-corrected chi connectivity index (χ3v) is 4.79. The predicted molar refractivity (Wildman–Crippen MR) is 86.9 cm³/mol.